The summed E-state index contributed by atoms with van der Waals surface area (Å²) in [5, 5.41) is 0. The molecule has 1 aliphatic heterocycles. The fraction of sp³-hybridized carbons (Fsp3) is 0.500. The first-order valence-electron chi connectivity index (χ1n) is 5.47. The van der Waals surface area contributed by atoms with Crippen molar-refractivity contribution in [3.05, 3.63) is 18.2 Å². The highest BCUT2D eigenvalue weighted by Gasteiger charge is 2.17. The summed E-state index contributed by atoms with van der Waals surface area (Å²) in [7, 11) is 1.63. The second-order valence-electron chi connectivity index (χ2n) is 3.84. The van der Waals surface area contributed by atoms with Crippen LogP contribution in [0.25, 0.3) is 0 Å². The van der Waals surface area contributed by atoms with E-state index in [-0.39, 0.29) is 6.10 Å². The lowest BCUT2D eigenvalue weighted by molar-refractivity contribution is 0.0246. The van der Waals surface area contributed by atoms with E-state index in [0.717, 1.165) is 37.6 Å². The lowest BCUT2D eigenvalue weighted by atomic mass is 10.1. The van der Waals surface area contributed by atoms with Crippen molar-refractivity contribution in [2.24, 2.45) is 0 Å². The maximum absolute atomic E-state index is 5.87. The van der Waals surface area contributed by atoms with Crippen LogP contribution in [0.3, 0.4) is 0 Å². The number of nitrogens with two attached hydrogens (primary N) is 1. The fourth-order valence-electron chi connectivity index (χ4n) is 1.76. The molecule has 1 aliphatic rings. The van der Waals surface area contributed by atoms with Crippen LogP contribution in [0, 0.1) is 0 Å². The number of hydrogen-bond acceptors (Lipinski definition) is 4. The number of ether oxygens (including phenoxy) is 3. The average Bonchev–Trinajstić information content (AvgIpc) is 2.31. The van der Waals surface area contributed by atoms with Crippen LogP contribution in [0.1, 0.15) is 12.8 Å². The minimum absolute atomic E-state index is 0.199. The number of methoxy groups -OCH3 is 1. The van der Waals surface area contributed by atoms with Crippen LogP contribution in [0.5, 0.6) is 11.5 Å². The third kappa shape index (κ3) is 2.58. The van der Waals surface area contributed by atoms with Gasteiger partial charge in [-0.05, 0) is 12.1 Å². The summed E-state index contributed by atoms with van der Waals surface area (Å²) < 4.78 is 16.4. The fourth-order valence-corrected chi connectivity index (χ4v) is 1.76. The molecule has 4 nitrogen and oxygen atoms in total. The van der Waals surface area contributed by atoms with E-state index in [1.165, 1.54) is 0 Å². The molecule has 0 bridgehead atoms. The summed E-state index contributed by atoms with van der Waals surface area (Å²) in [4.78, 5) is 0. The topological polar surface area (TPSA) is 53.7 Å². The Labute approximate surface area is 95.3 Å². The van der Waals surface area contributed by atoms with Gasteiger partial charge in [-0.15, -0.1) is 0 Å². The largest absolute Gasteiger partial charge is 0.493 e. The van der Waals surface area contributed by atoms with Crippen molar-refractivity contribution in [3.8, 4) is 11.5 Å². The summed E-state index contributed by atoms with van der Waals surface area (Å²) in [6.45, 7) is 1.52. The predicted octanol–water partition coefficient (Wildman–Crippen LogP) is 1.84. The second-order valence-corrected chi connectivity index (χ2v) is 3.84. The molecule has 16 heavy (non-hydrogen) atoms. The zero-order chi connectivity index (χ0) is 11.4. The van der Waals surface area contributed by atoms with Crippen LogP contribution < -0.4 is 15.2 Å². The molecule has 88 valence electrons. The second kappa shape index (κ2) is 5.07. The zero-order valence-corrected chi connectivity index (χ0v) is 9.44. The molecule has 0 amide bonds. The van der Waals surface area contributed by atoms with Crippen molar-refractivity contribution in [2.75, 3.05) is 26.1 Å². The first-order chi connectivity index (χ1) is 7.79. The Bertz CT molecular complexity index is 348. The van der Waals surface area contributed by atoms with Crippen molar-refractivity contribution >= 4 is 5.69 Å². The number of benzene rings is 1. The van der Waals surface area contributed by atoms with Gasteiger partial charge in [-0.2, -0.15) is 0 Å². The van der Waals surface area contributed by atoms with Crippen molar-refractivity contribution in [2.45, 2.75) is 18.9 Å². The molecule has 0 atom stereocenters. The van der Waals surface area contributed by atoms with E-state index >= 15 is 0 Å². The third-order valence-electron chi connectivity index (χ3n) is 2.65. The Hall–Kier alpha value is -1.42. The molecule has 4 heteroatoms. The normalized spacial score (nSPS) is 17.1. The number of anilines is 1. The molecule has 0 spiro atoms. The van der Waals surface area contributed by atoms with Crippen LogP contribution in [0.4, 0.5) is 5.69 Å². The summed E-state index contributed by atoms with van der Waals surface area (Å²) >= 11 is 0. The molecule has 1 aromatic rings. The third-order valence-corrected chi connectivity index (χ3v) is 2.65. The van der Waals surface area contributed by atoms with Gasteiger partial charge in [0.1, 0.15) is 6.10 Å². The van der Waals surface area contributed by atoms with E-state index in [1.807, 2.05) is 6.07 Å². The van der Waals surface area contributed by atoms with Crippen molar-refractivity contribution < 1.29 is 14.2 Å². The number of rotatable bonds is 3. The molecule has 0 saturated carbocycles. The number of hydrogen-bond donors (Lipinski definition) is 1. The summed E-state index contributed by atoms with van der Waals surface area (Å²) in [5.41, 5.74) is 6.41. The van der Waals surface area contributed by atoms with E-state index in [1.54, 1.807) is 19.2 Å². The Morgan fingerprint density at radius 1 is 1.25 bits per heavy atom. The minimum atomic E-state index is 0.199. The van der Waals surface area contributed by atoms with E-state index < -0.39 is 0 Å². The summed E-state index contributed by atoms with van der Waals surface area (Å²) in [6, 6.07) is 5.42. The van der Waals surface area contributed by atoms with Gasteiger partial charge >= 0.3 is 0 Å². The van der Waals surface area contributed by atoms with Crippen LogP contribution in [0.15, 0.2) is 18.2 Å². The van der Waals surface area contributed by atoms with Gasteiger partial charge in [0.15, 0.2) is 11.5 Å². The first kappa shape index (κ1) is 11.1. The molecule has 2 N–H and O–H groups in total. The minimum Gasteiger partial charge on any atom is -0.493 e. The molecular weight excluding hydrogens is 206 g/mol. The van der Waals surface area contributed by atoms with Crippen LogP contribution in [-0.4, -0.2) is 26.4 Å². The smallest absolute Gasteiger partial charge is 0.163 e. The van der Waals surface area contributed by atoms with Crippen LogP contribution in [0.2, 0.25) is 0 Å². The molecule has 2 rings (SSSR count). The Kier molecular flexibility index (Phi) is 3.51. The molecular formula is C12H17NO3. The quantitative estimate of drug-likeness (QED) is 0.794. The highest BCUT2D eigenvalue weighted by Crippen LogP contribution is 2.31. The maximum atomic E-state index is 5.87. The summed E-state index contributed by atoms with van der Waals surface area (Å²) in [6.07, 6.45) is 2.03. The van der Waals surface area contributed by atoms with Crippen LogP contribution >= 0.6 is 0 Å². The Morgan fingerprint density at radius 3 is 2.69 bits per heavy atom. The van der Waals surface area contributed by atoms with Gasteiger partial charge in [0.25, 0.3) is 0 Å². The Morgan fingerprint density at radius 2 is 2.00 bits per heavy atom. The lowest BCUT2D eigenvalue weighted by Gasteiger charge is -2.24. The SMILES string of the molecule is COc1ccc(N)cc1OC1CCOCC1. The molecule has 1 aromatic carbocycles. The van der Waals surface area contributed by atoms with E-state index in [2.05, 4.69) is 0 Å². The lowest BCUT2D eigenvalue weighted by Crippen LogP contribution is -2.26. The van der Waals surface area contributed by atoms with Gasteiger partial charge in [-0.25, -0.2) is 0 Å². The van der Waals surface area contributed by atoms with Gasteiger partial charge in [0.2, 0.25) is 0 Å². The molecule has 0 aromatic heterocycles. The monoisotopic (exact) mass is 223 g/mol. The van der Waals surface area contributed by atoms with E-state index in [4.69, 9.17) is 19.9 Å². The van der Waals surface area contributed by atoms with Gasteiger partial charge < -0.3 is 19.9 Å². The maximum Gasteiger partial charge on any atom is 0.163 e. The van der Waals surface area contributed by atoms with Gasteiger partial charge in [-0.1, -0.05) is 0 Å². The van der Waals surface area contributed by atoms with Crippen molar-refractivity contribution in [1.82, 2.24) is 0 Å². The standard InChI is InChI=1S/C12H17NO3/c1-14-11-3-2-9(13)8-12(11)16-10-4-6-15-7-5-10/h2-3,8,10H,4-7,13H2,1H3. The molecule has 0 aliphatic carbocycles. The van der Waals surface area contributed by atoms with Crippen molar-refractivity contribution in [3.63, 3.8) is 0 Å². The molecule has 1 saturated heterocycles. The van der Waals surface area contributed by atoms with Gasteiger partial charge in [0, 0.05) is 24.6 Å². The zero-order valence-electron chi connectivity index (χ0n) is 9.44. The molecule has 1 fully saturated rings. The predicted molar refractivity (Wildman–Crippen MR) is 61.9 cm³/mol. The highest BCUT2D eigenvalue weighted by molar-refractivity contribution is 5.52. The van der Waals surface area contributed by atoms with E-state index in [9.17, 15) is 0 Å². The first-order valence-corrected chi connectivity index (χ1v) is 5.47. The van der Waals surface area contributed by atoms with Crippen LogP contribution in [-0.2, 0) is 4.74 Å². The molecule has 0 radical (unpaired) electrons. The van der Waals surface area contributed by atoms with Gasteiger partial charge in [0.05, 0.1) is 20.3 Å². The summed E-state index contributed by atoms with van der Waals surface area (Å²) in [5.74, 6) is 1.44. The van der Waals surface area contributed by atoms with Crippen molar-refractivity contribution in [1.29, 1.82) is 0 Å². The molecule has 0 unspecified atom stereocenters. The Balaban J connectivity index is 2.09. The molecule has 1 heterocycles. The number of nitrogen functional groups attached to an aromatic ring is 1. The average molecular weight is 223 g/mol. The highest BCUT2D eigenvalue weighted by atomic mass is 16.5. The van der Waals surface area contributed by atoms with Gasteiger partial charge in [-0.3, -0.25) is 0 Å². The van der Waals surface area contributed by atoms with E-state index in [0.29, 0.717) is 5.69 Å².